The number of hydrogen-bond acceptors (Lipinski definition) is 0. The van der Waals surface area contributed by atoms with Crippen molar-refractivity contribution in [2.45, 2.75) is 13.3 Å². The van der Waals surface area contributed by atoms with E-state index in [-0.39, 0.29) is 0 Å². The summed E-state index contributed by atoms with van der Waals surface area (Å²) in [5.41, 5.74) is 4.24. The third kappa shape index (κ3) is 2.88. The van der Waals surface area contributed by atoms with Crippen LogP contribution in [0.1, 0.15) is 13.3 Å². The van der Waals surface area contributed by atoms with E-state index in [1.807, 2.05) is 30.4 Å². The molecule has 0 saturated carbocycles. The van der Waals surface area contributed by atoms with Crippen molar-refractivity contribution in [1.82, 2.24) is 0 Å². The van der Waals surface area contributed by atoms with Crippen LogP contribution in [0.15, 0.2) is 53.8 Å². The SMILES string of the molecule is CC/C=C/C=C/C1=C=CC=C1. The van der Waals surface area contributed by atoms with Gasteiger partial charge < -0.3 is 0 Å². The van der Waals surface area contributed by atoms with E-state index in [0.29, 0.717) is 0 Å². The van der Waals surface area contributed by atoms with Gasteiger partial charge in [0.25, 0.3) is 0 Å². The zero-order valence-corrected chi connectivity index (χ0v) is 6.75. The molecule has 0 aliphatic heterocycles. The average molecular weight is 144 g/mol. The Hall–Kier alpha value is -1.26. The first-order valence-electron chi connectivity index (χ1n) is 3.90. The van der Waals surface area contributed by atoms with Gasteiger partial charge in [-0.3, -0.25) is 0 Å². The van der Waals surface area contributed by atoms with Crippen LogP contribution in [0.3, 0.4) is 0 Å². The fourth-order valence-electron chi connectivity index (χ4n) is 0.822. The summed E-state index contributed by atoms with van der Waals surface area (Å²) in [6.07, 6.45) is 15.3. The molecule has 1 aliphatic carbocycles. The van der Waals surface area contributed by atoms with Crippen molar-refractivity contribution in [2.24, 2.45) is 0 Å². The Morgan fingerprint density at radius 3 is 3.00 bits per heavy atom. The summed E-state index contributed by atoms with van der Waals surface area (Å²) in [5.74, 6) is 0. The molecule has 0 unspecified atom stereocenters. The predicted molar refractivity (Wildman–Crippen MR) is 49.3 cm³/mol. The molecule has 0 heterocycles. The minimum atomic E-state index is 1.09. The van der Waals surface area contributed by atoms with Crippen molar-refractivity contribution < 1.29 is 0 Å². The van der Waals surface area contributed by atoms with Crippen LogP contribution in [-0.4, -0.2) is 0 Å². The highest BCUT2D eigenvalue weighted by Crippen LogP contribution is 2.02. The van der Waals surface area contributed by atoms with Crippen molar-refractivity contribution >= 4 is 0 Å². The quantitative estimate of drug-likeness (QED) is 0.421. The van der Waals surface area contributed by atoms with Crippen LogP contribution in [0.5, 0.6) is 0 Å². The monoisotopic (exact) mass is 144 g/mol. The summed E-state index contributed by atoms with van der Waals surface area (Å²) in [5, 5.41) is 0. The van der Waals surface area contributed by atoms with E-state index in [1.54, 1.807) is 0 Å². The maximum atomic E-state index is 3.09. The fraction of sp³-hybridized carbons (Fsp3) is 0.182. The molecule has 0 aromatic heterocycles. The van der Waals surface area contributed by atoms with E-state index in [2.05, 4.69) is 24.8 Å². The molecule has 11 heavy (non-hydrogen) atoms. The molecular weight excluding hydrogens is 132 g/mol. The fourth-order valence-corrected chi connectivity index (χ4v) is 0.822. The van der Waals surface area contributed by atoms with Gasteiger partial charge in [-0.2, -0.15) is 0 Å². The van der Waals surface area contributed by atoms with E-state index in [1.165, 1.54) is 0 Å². The van der Waals surface area contributed by atoms with Gasteiger partial charge >= 0.3 is 0 Å². The summed E-state index contributed by atoms with van der Waals surface area (Å²) in [7, 11) is 0. The summed E-state index contributed by atoms with van der Waals surface area (Å²) >= 11 is 0. The van der Waals surface area contributed by atoms with Crippen LogP contribution in [0.2, 0.25) is 0 Å². The van der Waals surface area contributed by atoms with Gasteiger partial charge in [-0.1, -0.05) is 31.2 Å². The maximum absolute atomic E-state index is 3.09. The highest BCUT2D eigenvalue weighted by Gasteiger charge is 1.83. The minimum Gasteiger partial charge on any atom is -0.113 e. The van der Waals surface area contributed by atoms with E-state index in [4.69, 9.17) is 0 Å². The molecule has 0 bridgehead atoms. The lowest BCUT2D eigenvalue weighted by atomic mass is 10.2. The normalized spacial score (nSPS) is 15.5. The van der Waals surface area contributed by atoms with Crippen molar-refractivity contribution in [3.05, 3.63) is 53.8 Å². The van der Waals surface area contributed by atoms with Gasteiger partial charge in [-0.15, -0.1) is 5.73 Å². The zero-order chi connectivity index (χ0) is 7.94. The van der Waals surface area contributed by atoms with Crippen molar-refractivity contribution in [3.63, 3.8) is 0 Å². The van der Waals surface area contributed by atoms with Gasteiger partial charge in [-0.05, 0) is 24.6 Å². The molecule has 0 heteroatoms. The summed E-state index contributed by atoms with van der Waals surface area (Å²) in [4.78, 5) is 0. The molecular formula is C11H12. The molecule has 0 nitrogen and oxygen atoms in total. The van der Waals surface area contributed by atoms with Crippen LogP contribution in [0.4, 0.5) is 0 Å². The van der Waals surface area contributed by atoms with Crippen LogP contribution < -0.4 is 0 Å². The third-order valence-corrected chi connectivity index (χ3v) is 1.38. The molecule has 0 atom stereocenters. The largest absolute Gasteiger partial charge is 0.113 e. The molecule has 0 saturated heterocycles. The molecule has 0 radical (unpaired) electrons. The van der Waals surface area contributed by atoms with Crippen LogP contribution in [-0.2, 0) is 0 Å². The zero-order valence-electron chi connectivity index (χ0n) is 6.75. The van der Waals surface area contributed by atoms with Gasteiger partial charge in [0.1, 0.15) is 0 Å². The first-order valence-corrected chi connectivity index (χ1v) is 3.90. The predicted octanol–water partition coefficient (Wildman–Crippen LogP) is 3.16. The molecule has 0 spiro atoms. The number of hydrogen-bond donors (Lipinski definition) is 0. The Labute approximate surface area is 67.9 Å². The lowest BCUT2D eigenvalue weighted by molar-refractivity contribution is 1.22. The molecule has 0 aromatic carbocycles. The van der Waals surface area contributed by atoms with Crippen molar-refractivity contribution in [3.8, 4) is 0 Å². The highest BCUT2D eigenvalue weighted by molar-refractivity contribution is 5.38. The Morgan fingerprint density at radius 2 is 2.36 bits per heavy atom. The van der Waals surface area contributed by atoms with Crippen molar-refractivity contribution in [1.29, 1.82) is 0 Å². The minimum absolute atomic E-state index is 1.09. The van der Waals surface area contributed by atoms with Gasteiger partial charge in [0.15, 0.2) is 0 Å². The summed E-state index contributed by atoms with van der Waals surface area (Å²) in [6.45, 7) is 2.12. The van der Waals surface area contributed by atoms with E-state index >= 15 is 0 Å². The van der Waals surface area contributed by atoms with Gasteiger partial charge in [0, 0.05) is 5.57 Å². The summed E-state index contributed by atoms with van der Waals surface area (Å²) < 4.78 is 0. The lowest BCUT2D eigenvalue weighted by Crippen LogP contribution is -1.61. The molecule has 0 N–H and O–H groups in total. The molecule has 0 aromatic rings. The van der Waals surface area contributed by atoms with Crippen LogP contribution in [0, 0.1) is 0 Å². The average Bonchev–Trinajstić information content (AvgIpc) is 2.50. The second-order valence-electron chi connectivity index (χ2n) is 2.32. The van der Waals surface area contributed by atoms with E-state index < -0.39 is 0 Å². The van der Waals surface area contributed by atoms with E-state index in [0.717, 1.165) is 12.0 Å². The molecule has 0 fully saturated rings. The Balaban J connectivity index is 2.42. The topological polar surface area (TPSA) is 0 Å². The Bertz CT molecular complexity index is 256. The molecule has 1 rings (SSSR count). The standard InChI is InChI=1S/C11H12/c1-2-3-4-5-8-11-9-6-7-10-11/h3-9H,2H2,1H3/b4-3+,8-5+. The van der Waals surface area contributed by atoms with Crippen LogP contribution in [0.25, 0.3) is 0 Å². The smallest absolute Gasteiger partial charge is 0.0164 e. The highest BCUT2D eigenvalue weighted by atomic mass is 13.9. The van der Waals surface area contributed by atoms with Gasteiger partial charge in [0.05, 0.1) is 0 Å². The Morgan fingerprint density at radius 1 is 1.45 bits per heavy atom. The second kappa shape index (κ2) is 4.54. The summed E-state index contributed by atoms with van der Waals surface area (Å²) in [6, 6.07) is 0. The maximum Gasteiger partial charge on any atom is 0.0164 e. The van der Waals surface area contributed by atoms with Gasteiger partial charge in [-0.25, -0.2) is 0 Å². The first-order chi connectivity index (χ1) is 5.43. The van der Waals surface area contributed by atoms with E-state index in [9.17, 15) is 0 Å². The molecule has 56 valence electrons. The van der Waals surface area contributed by atoms with Crippen molar-refractivity contribution in [2.75, 3.05) is 0 Å². The second-order valence-corrected chi connectivity index (χ2v) is 2.32. The van der Waals surface area contributed by atoms with Gasteiger partial charge in [0.2, 0.25) is 0 Å². The Kier molecular flexibility index (Phi) is 3.24. The van der Waals surface area contributed by atoms with Crippen LogP contribution >= 0.6 is 0 Å². The molecule has 1 aliphatic rings. The molecule has 0 amide bonds. The number of allylic oxidation sites excluding steroid dienone is 7. The lowest BCUT2D eigenvalue weighted by Gasteiger charge is -1.80. The third-order valence-electron chi connectivity index (χ3n) is 1.38. The first kappa shape index (κ1) is 7.84. The number of rotatable bonds is 3.